The van der Waals surface area contributed by atoms with Crippen molar-refractivity contribution in [2.75, 3.05) is 60.7 Å². The number of guanidine groups is 1. The average molecular weight is 472 g/mol. The van der Waals surface area contributed by atoms with Crippen LogP contribution in [-0.4, -0.2) is 77.6 Å². The Labute approximate surface area is 172 Å². The summed E-state index contributed by atoms with van der Waals surface area (Å²) in [5, 5.41) is 6.71. The monoisotopic (exact) mass is 472 g/mol. The predicted octanol–water partition coefficient (Wildman–Crippen LogP) is 2.58. The third-order valence-electron chi connectivity index (χ3n) is 4.23. The topological polar surface area (TPSA) is 58.1 Å². The molecule has 0 aliphatic carbocycles. The number of likely N-dealkylation sites (N-methyl/N-ethyl adjacent to an activating group) is 1. The van der Waals surface area contributed by atoms with Crippen molar-refractivity contribution in [1.29, 1.82) is 0 Å². The quantitative estimate of drug-likeness (QED) is 0.176. The molecule has 0 saturated carbocycles. The van der Waals surface area contributed by atoms with Crippen LogP contribution >= 0.6 is 24.0 Å². The second-order valence-corrected chi connectivity index (χ2v) is 6.21. The summed E-state index contributed by atoms with van der Waals surface area (Å²) in [4.78, 5) is 7.09. The first kappa shape index (κ1) is 27.1. The van der Waals surface area contributed by atoms with Gasteiger partial charge in [-0.25, -0.2) is 0 Å². The number of rotatable bonds is 14. The van der Waals surface area contributed by atoms with Crippen LogP contribution in [0.2, 0.25) is 0 Å². The summed E-state index contributed by atoms with van der Waals surface area (Å²) in [6.07, 6.45) is 3.34. The van der Waals surface area contributed by atoms with Crippen molar-refractivity contribution in [3.05, 3.63) is 0 Å². The maximum Gasteiger partial charge on any atom is 0.191 e. The first-order valence-electron chi connectivity index (χ1n) is 9.35. The molecule has 0 saturated heterocycles. The molecular formula is C18H41IN4O2. The second kappa shape index (κ2) is 18.7. The Morgan fingerprint density at radius 3 is 2.24 bits per heavy atom. The molecule has 1 atom stereocenters. The van der Waals surface area contributed by atoms with E-state index in [4.69, 9.17) is 14.5 Å². The summed E-state index contributed by atoms with van der Waals surface area (Å²) in [6, 6.07) is 0.479. The molecule has 0 heterocycles. The van der Waals surface area contributed by atoms with Gasteiger partial charge in [0.2, 0.25) is 0 Å². The van der Waals surface area contributed by atoms with Crippen molar-refractivity contribution in [2.45, 2.75) is 46.1 Å². The average Bonchev–Trinajstić information content (AvgIpc) is 2.57. The van der Waals surface area contributed by atoms with Crippen LogP contribution in [0, 0.1) is 5.92 Å². The minimum absolute atomic E-state index is 0. The highest BCUT2D eigenvalue weighted by atomic mass is 127. The van der Waals surface area contributed by atoms with Crippen molar-refractivity contribution in [2.24, 2.45) is 10.9 Å². The lowest BCUT2D eigenvalue weighted by Gasteiger charge is -2.30. The fraction of sp³-hybridized carbons (Fsp3) is 0.944. The standard InChI is InChI=1S/C18H40N4O2.HI/c1-7-16(8-2)17(22(4)5)15-21-18(19-9-3)20-11-10-12-24-14-13-23-6;/h16-17H,7-15H2,1-6H3,(H2,19,20,21);1H. The highest BCUT2D eigenvalue weighted by Crippen LogP contribution is 2.17. The van der Waals surface area contributed by atoms with E-state index in [2.05, 4.69) is 50.4 Å². The van der Waals surface area contributed by atoms with E-state index in [9.17, 15) is 0 Å². The molecule has 0 spiro atoms. The molecule has 0 radical (unpaired) electrons. The zero-order valence-electron chi connectivity index (χ0n) is 17.1. The van der Waals surface area contributed by atoms with Gasteiger partial charge in [0, 0.05) is 32.8 Å². The fourth-order valence-corrected chi connectivity index (χ4v) is 2.72. The van der Waals surface area contributed by atoms with E-state index in [1.165, 1.54) is 12.8 Å². The molecule has 6 nitrogen and oxygen atoms in total. The van der Waals surface area contributed by atoms with E-state index in [-0.39, 0.29) is 24.0 Å². The van der Waals surface area contributed by atoms with Crippen molar-refractivity contribution >= 4 is 29.9 Å². The van der Waals surface area contributed by atoms with E-state index >= 15 is 0 Å². The lowest BCUT2D eigenvalue weighted by molar-refractivity contribution is 0.0698. The van der Waals surface area contributed by atoms with Gasteiger partial charge in [0.05, 0.1) is 19.8 Å². The molecule has 1 unspecified atom stereocenters. The van der Waals surface area contributed by atoms with E-state index in [0.717, 1.165) is 38.6 Å². The van der Waals surface area contributed by atoms with Crippen molar-refractivity contribution in [3.63, 3.8) is 0 Å². The molecular weight excluding hydrogens is 431 g/mol. The molecule has 0 aromatic carbocycles. The third kappa shape index (κ3) is 13.7. The predicted molar refractivity (Wildman–Crippen MR) is 118 cm³/mol. The minimum atomic E-state index is 0. The molecule has 0 amide bonds. The number of methoxy groups -OCH3 is 1. The van der Waals surface area contributed by atoms with E-state index < -0.39 is 0 Å². The van der Waals surface area contributed by atoms with Crippen LogP contribution in [0.1, 0.15) is 40.0 Å². The number of nitrogens with zero attached hydrogens (tertiary/aromatic N) is 2. The molecule has 0 rings (SSSR count). The Balaban J connectivity index is 0. The van der Waals surface area contributed by atoms with Crippen LogP contribution in [-0.2, 0) is 9.47 Å². The highest BCUT2D eigenvalue weighted by Gasteiger charge is 2.20. The zero-order chi connectivity index (χ0) is 18.2. The summed E-state index contributed by atoms with van der Waals surface area (Å²) >= 11 is 0. The molecule has 7 heteroatoms. The van der Waals surface area contributed by atoms with Crippen LogP contribution in [0.25, 0.3) is 0 Å². The minimum Gasteiger partial charge on any atom is -0.382 e. The molecule has 0 fully saturated rings. The van der Waals surface area contributed by atoms with Gasteiger partial charge >= 0.3 is 0 Å². The maximum absolute atomic E-state index is 5.47. The lowest BCUT2D eigenvalue weighted by atomic mass is 9.93. The van der Waals surface area contributed by atoms with Gasteiger partial charge in [-0.05, 0) is 33.4 Å². The number of nitrogens with one attached hydrogen (secondary N) is 2. The SMILES string of the molecule is CCNC(=NCC(C(CC)CC)N(C)C)NCCCOCCOC.I. The van der Waals surface area contributed by atoms with Crippen molar-refractivity contribution in [3.8, 4) is 0 Å². The molecule has 152 valence electrons. The van der Waals surface area contributed by atoms with Crippen LogP contribution in [0.3, 0.4) is 0 Å². The zero-order valence-corrected chi connectivity index (χ0v) is 19.5. The third-order valence-corrected chi connectivity index (χ3v) is 4.23. The van der Waals surface area contributed by atoms with Crippen LogP contribution in [0.4, 0.5) is 0 Å². The Hall–Kier alpha value is -0.120. The van der Waals surface area contributed by atoms with E-state index in [0.29, 0.717) is 25.2 Å². The van der Waals surface area contributed by atoms with Gasteiger partial charge in [-0.3, -0.25) is 4.99 Å². The number of hydrogen-bond acceptors (Lipinski definition) is 4. The van der Waals surface area contributed by atoms with Gasteiger partial charge in [0.25, 0.3) is 0 Å². The number of hydrogen-bond donors (Lipinski definition) is 2. The van der Waals surface area contributed by atoms with Gasteiger partial charge in [-0.15, -0.1) is 24.0 Å². The Bertz CT molecular complexity index is 313. The summed E-state index contributed by atoms with van der Waals surface area (Å²) in [5.74, 6) is 1.58. The summed E-state index contributed by atoms with van der Waals surface area (Å²) in [6.45, 7) is 11.2. The Morgan fingerprint density at radius 1 is 1.04 bits per heavy atom. The van der Waals surface area contributed by atoms with Crippen LogP contribution in [0.5, 0.6) is 0 Å². The number of aliphatic imine (C=N–C) groups is 1. The smallest absolute Gasteiger partial charge is 0.191 e. The van der Waals surface area contributed by atoms with E-state index in [1.54, 1.807) is 7.11 Å². The molecule has 0 bridgehead atoms. The van der Waals surface area contributed by atoms with Gasteiger partial charge < -0.3 is 25.0 Å². The second-order valence-electron chi connectivity index (χ2n) is 6.21. The van der Waals surface area contributed by atoms with Crippen molar-refractivity contribution < 1.29 is 9.47 Å². The largest absolute Gasteiger partial charge is 0.382 e. The lowest BCUT2D eigenvalue weighted by Crippen LogP contribution is -2.41. The molecule has 0 aromatic rings. The van der Waals surface area contributed by atoms with Gasteiger partial charge in [-0.2, -0.15) is 0 Å². The molecule has 2 N–H and O–H groups in total. The number of ether oxygens (including phenoxy) is 2. The highest BCUT2D eigenvalue weighted by molar-refractivity contribution is 14.0. The van der Waals surface area contributed by atoms with Gasteiger partial charge in [0.1, 0.15) is 0 Å². The first-order valence-corrected chi connectivity index (χ1v) is 9.35. The molecule has 0 aromatic heterocycles. The Kier molecular flexibility index (Phi) is 20.2. The molecule has 0 aliphatic heterocycles. The van der Waals surface area contributed by atoms with Crippen LogP contribution in [0.15, 0.2) is 4.99 Å². The molecule has 25 heavy (non-hydrogen) atoms. The van der Waals surface area contributed by atoms with Crippen LogP contribution < -0.4 is 10.6 Å². The Morgan fingerprint density at radius 2 is 1.72 bits per heavy atom. The summed E-state index contributed by atoms with van der Waals surface area (Å²) in [5.41, 5.74) is 0. The summed E-state index contributed by atoms with van der Waals surface area (Å²) in [7, 11) is 5.99. The van der Waals surface area contributed by atoms with Gasteiger partial charge in [-0.1, -0.05) is 26.7 Å². The number of halogens is 1. The normalized spacial score (nSPS) is 13.0. The van der Waals surface area contributed by atoms with Crippen molar-refractivity contribution in [1.82, 2.24) is 15.5 Å². The van der Waals surface area contributed by atoms with Gasteiger partial charge in [0.15, 0.2) is 5.96 Å². The fourth-order valence-electron chi connectivity index (χ4n) is 2.72. The first-order chi connectivity index (χ1) is 11.6. The summed E-state index contributed by atoms with van der Waals surface area (Å²) < 4.78 is 10.4. The van der Waals surface area contributed by atoms with E-state index in [1.807, 2.05) is 0 Å². The maximum atomic E-state index is 5.47. The molecule has 0 aliphatic rings.